The van der Waals surface area contributed by atoms with E-state index in [4.69, 9.17) is 10.2 Å². The first kappa shape index (κ1) is 29.6. The Morgan fingerprint density at radius 3 is 2.08 bits per heavy atom. The maximum absolute atomic E-state index is 15.3. The van der Waals surface area contributed by atoms with Crippen LogP contribution in [-0.4, -0.2) is 45.5 Å². The second-order valence-corrected chi connectivity index (χ2v) is 7.79. The number of benzene rings is 2. The van der Waals surface area contributed by atoms with Crippen LogP contribution in [0.4, 0.5) is 14.5 Å². The normalized spacial score (nSPS) is 10.3. The van der Waals surface area contributed by atoms with Gasteiger partial charge in [0.15, 0.2) is 5.82 Å². The average molecular weight is 532 g/mol. The zero-order valence-electron chi connectivity index (χ0n) is 20.6. The number of aliphatic carboxylic acids is 2. The van der Waals surface area contributed by atoms with Crippen LogP contribution in [0.2, 0.25) is 0 Å². The fourth-order valence-electron chi connectivity index (χ4n) is 2.94. The molecule has 0 aliphatic heterocycles. The third-order valence-electron chi connectivity index (χ3n) is 4.82. The number of carbonyl (C=O) groups excluding carboxylic acids is 2. The summed E-state index contributed by atoms with van der Waals surface area (Å²) in [5.41, 5.74) is -0.180. The topological polar surface area (TPSA) is 152 Å². The number of hydrogen-bond donors (Lipinski definition) is 3. The highest BCUT2D eigenvalue weighted by Crippen LogP contribution is 2.32. The van der Waals surface area contributed by atoms with Crippen LogP contribution >= 0.6 is 0 Å². The molecule has 0 unspecified atom stereocenters. The van der Waals surface area contributed by atoms with Gasteiger partial charge in [-0.15, -0.1) is 0 Å². The fraction of sp³-hybridized carbons (Fsp3) is 0.269. The highest BCUT2D eigenvalue weighted by molar-refractivity contribution is 5.91. The zero-order valence-corrected chi connectivity index (χ0v) is 20.6. The Labute approximate surface area is 216 Å². The number of ether oxygens (including phenoxy) is 2. The van der Waals surface area contributed by atoms with Gasteiger partial charge in [0, 0.05) is 11.6 Å². The number of anilines is 1. The number of halogens is 2. The molecule has 0 aliphatic carbocycles. The number of esters is 2. The van der Waals surface area contributed by atoms with Gasteiger partial charge in [0.25, 0.3) is 0 Å². The number of carbonyl (C=O) groups is 4. The first-order valence-corrected chi connectivity index (χ1v) is 11.5. The molecule has 0 fully saturated rings. The van der Waals surface area contributed by atoms with Gasteiger partial charge in [0.2, 0.25) is 0 Å². The maximum atomic E-state index is 15.3. The molecule has 3 N–H and O–H groups in total. The standard InChI is InChI=1S/C22H16F2N2O8.C4H10/c23-13-4-6-15(21(24)20(13)12-3-5-14-11(8-12)2-1-7-25-14)26-22(33-18(31)9-16(27)28)34-19(32)10-17(29)30;1-3-4-2/h1-8,22,26H,9-10H2,(H,27,28)(H,29,30);3-4H2,1-2H3. The minimum Gasteiger partial charge on any atom is -0.481 e. The molecule has 38 heavy (non-hydrogen) atoms. The molecule has 1 heterocycles. The molecule has 3 rings (SSSR count). The van der Waals surface area contributed by atoms with Crippen molar-refractivity contribution in [2.75, 3.05) is 5.32 Å². The molecule has 202 valence electrons. The lowest BCUT2D eigenvalue weighted by Gasteiger charge is -2.21. The number of aromatic nitrogens is 1. The number of rotatable bonds is 10. The molecule has 0 saturated heterocycles. The highest BCUT2D eigenvalue weighted by Gasteiger charge is 2.25. The van der Waals surface area contributed by atoms with Crippen LogP contribution in [0.3, 0.4) is 0 Å². The zero-order chi connectivity index (χ0) is 28.2. The van der Waals surface area contributed by atoms with Gasteiger partial charge in [-0.3, -0.25) is 24.2 Å². The van der Waals surface area contributed by atoms with Crippen molar-refractivity contribution in [1.29, 1.82) is 0 Å². The number of pyridine rings is 1. The summed E-state index contributed by atoms with van der Waals surface area (Å²) in [6.07, 6.45) is -0.119. The van der Waals surface area contributed by atoms with Crippen molar-refractivity contribution in [3.05, 3.63) is 60.3 Å². The molecule has 0 amide bonds. The molecule has 0 spiro atoms. The smallest absolute Gasteiger partial charge is 0.329 e. The Hall–Kier alpha value is -4.61. The van der Waals surface area contributed by atoms with E-state index in [9.17, 15) is 23.6 Å². The lowest BCUT2D eigenvalue weighted by atomic mass is 10.0. The Morgan fingerprint density at radius 2 is 1.53 bits per heavy atom. The molecular weight excluding hydrogens is 506 g/mol. The van der Waals surface area contributed by atoms with E-state index in [1.807, 2.05) is 0 Å². The average Bonchev–Trinajstić information content (AvgIpc) is 2.84. The van der Waals surface area contributed by atoms with Gasteiger partial charge >= 0.3 is 30.3 Å². The summed E-state index contributed by atoms with van der Waals surface area (Å²) in [6, 6.07) is 9.70. The first-order chi connectivity index (χ1) is 18.0. The van der Waals surface area contributed by atoms with Crippen molar-refractivity contribution >= 4 is 40.5 Å². The van der Waals surface area contributed by atoms with E-state index in [1.54, 1.807) is 24.4 Å². The predicted octanol–water partition coefficient (Wildman–Crippen LogP) is 4.72. The Bertz CT molecular complexity index is 1280. The molecule has 1 aromatic heterocycles. The van der Waals surface area contributed by atoms with Crippen molar-refractivity contribution in [2.45, 2.75) is 45.9 Å². The highest BCUT2D eigenvalue weighted by atomic mass is 19.1. The van der Waals surface area contributed by atoms with Crippen molar-refractivity contribution in [2.24, 2.45) is 0 Å². The Kier molecular flexibility index (Phi) is 11.1. The molecule has 0 saturated carbocycles. The summed E-state index contributed by atoms with van der Waals surface area (Å²) in [5, 5.41) is 20.2. The third kappa shape index (κ3) is 8.80. The van der Waals surface area contributed by atoms with Gasteiger partial charge in [0.05, 0.1) is 16.8 Å². The summed E-state index contributed by atoms with van der Waals surface area (Å²) in [7, 11) is 0. The molecule has 0 radical (unpaired) electrons. The summed E-state index contributed by atoms with van der Waals surface area (Å²) in [4.78, 5) is 48.9. The van der Waals surface area contributed by atoms with Crippen LogP contribution in [0.15, 0.2) is 48.7 Å². The van der Waals surface area contributed by atoms with Crippen molar-refractivity contribution in [1.82, 2.24) is 4.98 Å². The SMILES string of the molecule is CCCC.O=C(O)CC(=O)OC(Nc1ccc(F)c(-c2ccc3ncccc3c2)c1F)OC(=O)CC(=O)O. The van der Waals surface area contributed by atoms with Crippen LogP contribution < -0.4 is 5.32 Å². The molecular formula is C26H26F2N2O8. The lowest BCUT2D eigenvalue weighted by molar-refractivity contribution is -0.184. The van der Waals surface area contributed by atoms with Crippen LogP contribution in [0.25, 0.3) is 22.0 Å². The Morgan fingerprint density at radius 1 is 0.921 bits per heavy atom. The van der Waals surface area contributed by atoms with Gasteiger partial charge in [-0.25, -0.2) is 8.78 Å². The molecule has 3 aromatic rings. The number of nitrogens with one attached hydrogen (secondary N) is 1. The van der Waals surface area contributed by atoms with E-state index in [1.165, 1.54) is 25.0 Å². The third-order valence-corrected chi connectivity index (χ3v) is 4.82. The minimum atomic E-state index is -2.09. The quantitative estimate of drug-likeness (QED) is 0.190. The van der Waals surface area contributed by atoms with E-state index in [0.717, 1.165) is 12.1 Å². The van der Waals surface area contributed by atoms with E-state index in [2.05, 4.69) is 33.6 Å². The maximum Gasteiger partial charge on any atom is 0.329 e. The van der Waals surface area contributed by atoms with E-state index in [0.29, 0.717) is 10.9 Å². The summed E-state index contributed by atoms with van der Waals surface area (Å²) >= 11 is 0. The summed E-state index contributed by atoms with van der Waals surface area (Å²) < 4.78 is 39.2. The number of fused-ring (bicyclic) bond motifs is 1. The Balaban J connectivity index is 0.00000118. The molecule has 12 heteroatoms. The molecule has 0 atom stereocenters. The monoisotopic (exact) mass is 532 g/mol. The number of hydrogen-bond acceptors (Lipinski definition) is 8. The number of nitrogens with zero attached hydrogens (tertiary/aromatic N) is 1. The van der Waals surface area contributed by atoms with Crippen molar-refractivity contribution in [3.63, 3.8) is 0 Å². The second-order valence-electron chi connectivity index (χ2n) is 7.79. The molecule has 0 bridgehead atoms. The lowest BCUT2D eigenvalue weighted by Crippen LogP contribution is -2.33. The molecule has 2 aromatic carbocycles. The molecule has 0 aliphatic rings. The minimum absolute atomic E-state index is 0.154. The van der Waals surface area contributed by atoms with Crippen LogP contribution in [0.1, 0.15) is 39.5 Å². The van der Waals surface area contributed by atoms with E-state index in [-0.39, 0.29) is 5.56 Å². The largest absolute Gasteiger partial charge is 0.481 e. The van der Waals surface area contributed by atoms with E-state index < -0.39 is 66.0 Å². The number of unbranched alkanes of at least 4 members (excludes halogenated alkanes) is 1. The van der Waals surface area contributed by atoms with Crippen LogP contribution in [0, 0.1) is 11.6 Å². The van der Waals surface area contributed by atoms with Gasteiger partial charge in [-0.1, -0.05) is 38.8 Å². The van der Waals surface area contributed by atoms with E-state index >= 15 is 4.39 Å². The van der Waals surface area contributed by atoms with Gasteiger partial charge in [-0.2, -0.15) is 0 Å². The van der Waals surface area contributed by atoms with Crippen LogP contribution in [0.5, 0.6) is 0 Å². The van der Waals surface area contributed by atoms with Gasteiger partial charge < -0.3 is 25.0 Å². The summed E-state index contributed by atoms with van der Waals surface area (Å²) in [5.74, 6) is -7.90. The molecule has 10 nitrogen and oxygen atoms in total. The second kappa shape index (κ2) is 14.2. The number of carboxylic acids is 2. The summed E-state index contributed by atoms with van der Waals surface area (Å²) in [6.45, 7) is 4.36. The predicted molar refractivity (Wildman–Crippen MR) is 132 cm³/mol. The fourth-order valence-corrected chi connectivity index (χ4v) is 2.94. The van der Waals surface area contributed by atoms with Crippen molar-refractivity contribution in [3.8, 4) is 11.1 Å². The van der Waals surface area contributed by atoms with Crippen molar-refractivity contribution < 1.29 is 47.6 Å². The first-order valence-electron chi connectivity index (χ1n) is 11.5. The van der Waals surface area contributed by atoms with Crippen LogP contribution in [-0.2, 0) is 28.7 Å². The number of carboxylic acid groups (broad SMARTS) is 2. The van der Waals surface area contributed by atoms with Gasteiger partial charge in [0.1, 0.15) is 18.7 Å². The van der Waals surface area contributed by atoms with Gasteiger partial charge in [-0.05, 0) is 35.9 Å².